The summed E-state index contributed by atoms with van der Waals surface area (Å²) in [4.78, 5) is 23.8. The van der Waals surface area contributed by atoms with Crippen LogP contribution in [0.4, 0.5) is 0 Å². The van der Waals surface area contributed by atoms with E-state index in [1.54, 1.807) is 25.8 Å². The number of carbonyl (C=O) groups excluding carboxylic acids is 2. The SMILES string of the molecule is C=CC(=O)N(C)CCCCOC(=O)C(C)C. The van der Waals surface area contributed by atoms with E-state index in [0.717, 1.165) is 12.8 Å². The lowest BCUT2D eigenvalue weighted by atomic mass is 10.2. The lowest BCUT2D eigenvalue weighted by molar-refractivity contribution is -0.147. The maximum atomic E-state index is 11.1. The van der Waals surface area contributed by atoms with Gasteiger partial charge in [0.1, 0.15) is 0 Å². The second-order valence-corrected chi connectivity index (χ2v) is 3.99. The molecule has 0 aliphatic carbocycles. The Kier molecular flexibility index (Phi) is 7.25. The maximum absolute atomic E-state index is 11.1. The topological polar surface area (TPSA) is 46.6 Å². The number of nitrogens with zero attached hydrogens (tertiary/aromatic N) is 1. The first-order valence-electron chi connectivity index (χ1n) is 5.53. The summed E-state index contributed by atoms with van der Waals surface area (Å²) in [5.74, 6) is -0.334. The van der Waals surface area contributed by atoms with Gasteiger partial charge in [0, 0.05) is 13.6 Å². The number of esters is 1. The fraction of sp³-hybridized carbons (Fsp3) is 0.667. The molecule has 0 aromatic heterocycles. The van der Waals surface area contributed by atoms with Gasteiger partial charge in [-0.25, -0.2) is 0 Å². The van der Waals surface area contributed by atoms with E-state index in [9.17, 15) is 9.59 Å². The van der Waals surface area contributed by atoms with Crippen LogP contribution in [0, 0.1) is 5.92 Å². The minimum absolute atomic E-state index is 0.0787. The first kappa shape index (κ1) is 14.7. The number of hydrogen-bond acceptors (Lipinski definition) is 3. The van der Waals surface area contributed by atoms with Gasteiger partial charge in [0.05, 0.1) is 12.5 Å². The van der Waals surface area contributed by atoms with Crippen molar-refractivity contribution in [3.05, 3.63) is 12.7 Å². The molecule has 0 N–H and O–H groups in total. The van der Waals surface area contributed by atoms with Crippen LogP contribution >= 0.6 is 0 Å². The van der Waals surface area contributed by atoms with E-state index in [2.05, 4.69) is 6.58 Å². The second kappa shape index (κ2) is 7.91. The van der Waals surface area contributed by atoms with Crippen LogP contribution in [0.25, 0.3) is 0 Å². The molecule has 0 heterocycles. The number of likely N-dealkylation sites (N-methyl/N-ethyl adjacent to an activating group) is 1. The molecule has 0 bridgehead atoms. The standard InChI is InChI=1S/C12H21NO3/c1-5-11(14)13(4)8-6-7-9-16-12(15)10(2)3/h5,10H,1,6-9H2,2-4H3. The lowest BCUT2D eigenvalue weighted by Gasteiger charge is -2.14. The normalized spacial score (nSPS) is 10.0. The Morgan fingerprint density at radius 1 is 1.38 bits per heavy atom. The molecule has 0 atom stereocenters. The average Bonchev–Trinajstić information content (AvgIpc) is 2.26. The van der Waals surface area contributed by atoms with Gasteiger partial charge in [0.25, 0.3) is 0 Å². The zero-order valence-corrected chi connectivity index (χ0v) is 10.4. The van der Waals surface area contributed by atoms with Crippen molar-refractivity contribution in [2.45, 2.75) is 26.7 Å². The first-order chi connectivity index (χ1) is 7.49. The predicted molar refractivity (Wildman–Crippen MR) is 62.9 cm³/mol. The Balaban J connectivity index is 3.50. The molecular formula is C12H21NO3. The van der Waals surface area contributed by atoms with Gasteiger partial charge >= 0.3 is 5.97 Å². The Morgan fingerprint density at radius 3 is 2.50 bits per heavy atom. The van der Waals surface area contributed by atoms with Crippen molar-refractivity contribution in [3.63, 3.8) is 0 Å². The van der Waals surface area contributed by atoms with Gasteiger partial charge in [0.15, 0.2) is 0 Å². The van der Waals surface area contributed by atoms with E-state index in [-0.39, 0.29) is 17.8 Å². The average molecular weight is 227 g/mol. The predicted octanol–water partition coefficient (Wildman–Crippen LogP) is 1.61. The number of unbranched alkanes of at least 4 members (excludes halogenated alkanes) is 1. The van der Waals surface area contributed by atoms with Gasteiger partial charge in [0.2, 0.25) is 5.91 Å². The summed E-state index contributed by atoms with van der Waals surface area (Å²) in [5, 5.41) is 0. The molecule has 0 unspecified atom stereocenters. The van der Waals surface area contributed by atoms with Crippen molar-refractivity contribution in [2.24, 2.45) is 5.92 Å². The largest absolute Gasteiger partial charge is 0.465 e. The van der Waals surface area contributed by atoms with E-state index in [0.29, 0.717) is 13.2 Å². The van der Waals surface area contributed by atoms with Crippen LogP contribution in [-0.2, 0) is 14.3 Å². The third-order valence-corrected chi connectivity index (χ3v) is 2.15. The van der Waals surface area contributed by atoms with Gasteiger partial charge in [-0.1, -0.05) is 20.4 Å². The van der Waals surface area contributed by atoms with Gasteiger partial charge < -0.3 is 9.64 Å². The van der Waals surface area contributed by atoms with E-state index < -0.39 is 0 Å². The van der Waals surface area contributed by atoms with Crippen molar-refractivity contribution in [1.82, 2.24) is 4.90 Å². The van der Waals surface area contributed by atoms with Crippen LogP contribution in [0.2, 0.25) is 0 Å². The number of amides is 1. The van der Waals surface area contributed by atoms with Gasteiger partial charge in [-0.3, -0.25) is 9.59 Å². The van der Waals surface area contributed by atoms with Gasteiger partial charge in [-0.05, 0) is 18.9 Å². The minimum Gasteiger partial charge on any atom is -0.465 e. The summed E-state index contributed by atoms with van der Waals surface area (Å²) >= 11 is 0. The van der Waals surface area contributed by atoms with Crippen LogP contribution in [0.5, 0.6) is 0 Å². The molecule has 4 heteroatoms. The van der Waals surface area contributed by atoms with Gasteiger partial charge in [-0.2, -0.15) is 0 Å². The fourth-order valence-corrected chi connectivity index (χ4v) is 1.06. The van der Waals surface area contributed by atoms with E-state index >= 15 is 0 Å². The highest BCUT2D eigenvalue weighted by atomic mass is 16.5. The highest BCUT2D eigenvalue weighted by molar-refractivity contribution is 5.86. The molecule has 0 spiro atoms. The molecule has 0 aromatic rings. The third-order valence-electron chi connectivity index (χ3n) is 2.15. The highest BCUT2D eigenvalue weighted by Gasteiger charge is 2.07. The zero-order chi connectivity index (χ0) is 12.6. The molecular weight excluding hydrogens is 206 g/mol. The summed E-state index contributed by atoms with van der Waals surface area (Å²) in [6.07, 6.45) is 2.88. The van der Waals surface area contributed by atoms with Crippen LogP contribution in [0.1, 0.15) is 26.7 Å². The first-order valence-corrected chi connectivity index (χ1v) is 5.53. The summed E-state index contributed by atoms with van der Waals surface area (Å²) in [5.41, 5.74) is 0. The molecule has 0 saturated carbocycles. The summed E-state index contributed by atoms with van der Waals surface area (Å²) < 4.78 is 5.01. The molecule has 0 saturated heterocycles. The molecule has 1 amide bonds. The van der Waals surface area contributed by atoms with Gasteiger partial charge in [-0.15, -0.1) is 0 Å². The lowest BCUT2D eigenvalue weighted by Crippen LogP contribution is -2.25. The molecule has 0 fully saturated rings. The van der Waals surface area contributed by atoms with Crippen LogP contribution in [0.3, 0.4) is 0 Å². The van der Waals surface area contributed by atoms with Crippen molar-refractivity contribution in [1.29, 1.82) is 0 Å². The van der Waals surface area contributed by atoms with E-state index in [1.807, 2.05) is 0 Å². The molecule has 0 aliphatic heterocycles. The summed E-state index contributed by atoms with van der Waals surface area (Å²) in [6, 6.07) is 0. The quantitative estimate of drug-likeness (QED) is 0.377. The molecule has 0 rings (SSSR count). The van der Waals surface area contributed by atoms with E-state index in [1.165, 1.54) is 6.08 Å². The fourth-order valence-electron chi connectivity index (χ4n) is 1.06. The Bertz CT molecular complexity index is 249. The molecule has 0 radical (unpaired) electrons. The molecule has 0 aromatic carbocycles. The molecule has 4 nitrogen and oxygen atoms in total. The Hall–Kier alpha value is -1.32. The minimum atomic E-state index is -0.171. The molecule has 0 aliphatic rings. The van der Waals surface area contributed by atoms with Crippen LogP contribution in [-0.4, -0.2) is 37.0 Å². The number of hydrogen-bond donors (Lipinski definition) is 0. The Labute approximate surface area is 97.3 Å². The van der Waals surface area contributed by atoms with Crippen molar-refractivity contribution in [3.8, 4) is 0 Å². The molecule has 92 valence electrons. The number of carbonyl (C=O) groups is 2. The second-order valence-electron chi connectivity index (χ2n) is 3.99. The van der Waals surface area contributed by atoms with E-state index in [4.69, 9.17) is 4.74 Å². The maximum Gasteiger partial charge on any atom is 0.308 e. The monoisotopic (exact) mass is 227 g/mol. The Morgan fingerprint density at radius 2 is 2.00 bits per heavy atom. The highest BCUT2D eigenvalue weighted by Crippen LogP contribution is 1.99. The number of ether oxygens (including phenoxy) is 1. The zero-order valence-electron chi connectivity index (χ0n) is 10.4. The van der Waals surface area contributed by atoms with Crippen LogP contribution in [0.15, 0.2) is 12.7 Å². The van der Waals surface area contributed by atoms with Crippen molar-refractivity contribution in [2.75, 3.05) is 20.2 Å². The van der Waals surface area contributed by atoms with Crippen molar-refractivity contribution >= 4 is 11.9 Å². The summed E-state index contributed by atoms with van der Waals surface area (Å²) in [6.45, 7) is 8.10. The third kappa shape index (κ3) is 6.22. The summed E-state index contributed by atoms with van der Waals surface area (Å²) in [7, 11) is 1.73. The molecule has 16 heavy (non-hydrogen) atoms. The number of rotatable bonds is 7. The van der Waals surface area contributed by atoms with Crippen LogP contribution < -0.4 is 0 Å². The smallest absolute Gasteiger partial charge is 0.308 e. The van der Waals surface area contributed by atoms with Crippen molar-refractivity contribution < 1.29 is 14.3 Å².